The van der Waals surface area contributed by atoms with Gasteiger partial charge in [-0.1, -0.05) is 41.9 Å². The first kappa shape index (κ1) is 28.4. The molecule has 45 heavy (non-hydrogen) atoms. The molecule has 1 amide bonds. The van der Waals surface area contributed by atoms with Gasteiger partial charge in [0, 0.05) is 41.3 Å². The molecule has 2 saturated heterocycles. The molecule has 12 heteroatoms. The van der Waals surface area contributed by atoms with E-state index >= 15 is 0 Å². The van der Waals surface area contributed by atoms with E-state index in [0.717, 1.165) is 30.8 Å². The van der Waals surface area contributed by atoms with Crippen LogP contribution < -0.4 is 10.6 Å². The van der Waals surface area contributed by atoms with Gasteiger partial charge in [-0.3, -0.25) is 9.36 Å². The number of aromatic nitrogens is 5. The zero-order chi connectivity index (χ0) is 30.7. The number of nitrogens with zero attached hydrogens (tertiary/aromatic N) is 5. The number of hydrogen-bond donors (Lipinski definition) is 2. The van der Waals surface area contributed by atoms with E-state index in [9.17, 15) is 4.79 Å². The molecular formula is C33H34ClN7O4. The molecule has 0 bridgehead atoms. The lowest BCUT2D eigenvalue weighted by Crippen LogP contribution is -2.43. The average Bonchev–Trinajstić information content (AvgIpc) is 3.32. The van der Waals surface area contributed by atoms with Crippen molar-refractivity contribution in [3.8, 4) is 0 Å². The second-order valence-corrected chi connectivity index (χ2v) is 12.9. The third-order valence-corrected chi connectivity index (χ3v) is 8.92. The van der Waals surface area contributed by atoms with Crippen LogP contribution >= 0.6 is 11.6 Å². The van der Waals surface area contributed by atoms with Gasteiger partial charge in [0.25, 0.3) is 5.91 Å². The van der Waals surface area contributed by atoms with Gasteiger partial charge >= 0.3 is 0 Å². The van der Waals surface area contributed by atoms with Gasteiger partial charge in [0.15, 0.2) is 35.1 Å². The lowest BCUT2D eigenvalue weighted by atomic mass is 10.1. The Bertz CT molecular complexity index is 1880. The molecule has 3 aliphatic rings. The molecule has 2 N–H and O–H groups in total. The fourth-order valence-corrected chi connectivity index (χ4v) is 6.57. The van der Waals surface area contributed by atoms with Crippen molar-refractivity contribution in [3.05, 3.63) is 83.5 Å². The quantitative estimate of drug-likeness (QED) is 0.239. The van der Waals surface area contributed by atoms with Crippen LogP contribution in [-0.4, -0.2) is 66.7 Å². The van der Waals surface area contributed by atoms with E-state index in [4.69, 9.17) is 25.8 Å². The Balaban J connectivity index is 1.01. The first-order valence-corrected chi connectivity index (χ1v) is 15.7. The Labute approximate surface area is 264 Å². The fraction of sp³-hybridized carbons (Fsp3) is 0.394. The maximum Gasteiger partial charge on any atom is 0.252 e. The van der Waals surface area contributed by atoms with E-state index in [1.165, 1.54) is 28.4 Å². The number of para-hydroxylation sites is 1. The molecule has 232 valence electrons. The lowest BCUT2D eigenvalue weighted by Gasteiger charge is -2.24. The maximum absolute atomic E-state index is 13.1. The number of halogens is 1. The largest absolute Gasteiger partial charge is 0.368 e. The zero-order valence-electron chi connectivity index (χ0n) is 25.0. The van der Waals surface area contributed by atoms with E-state index in [0.29, 0.717) is 23.5 Å². The molecule has 0 unspecified atom stereocenters. The summed E-state index contributed by atoms with van der Waals surface area (Å²) in [7, 11) is 0. The highest BCUT2D eigenvalue weighted by Crippen LogP contribution is 2.44. The molecular weight excluding hydrogens is 594 g/mol. The minimum atomic E-state index is -0.842. The number of carbonyl (C=O) groups excluding carboxylic acids is 1. The van der Waals surface area contributed by atoms with Crippen molar-refractivity contribution in [2.75, 3.05) is 11.9 Å². The highest BCUT2D eigenvalue weighted by atomic mass is 35.5. The molecule has 0 radical (unpaired) electrons. The summed E-state index contributed by atoms with van der Waals surface area (Å²) in [6.45, 7) is 5.11. The summed E-state index contributed by atoms with van der Waals surface area (Å²) in [5, 5.41) is 8.47. The van der Waals surface area contributed by atoms with Crippen LogP contribution in [0.15, 0.2) is 67.4 Å². The summed E-state index contributed by atoms with van der Waals surface area (Å²) in [4.78, 5) is 26.8. The van der Waals surface area contributed by atoms with Crippen molar-refractivity contribution in [3.63, 3.8) is 0 Å². The standard InChI is InChI=1S/C33H34ClN7O4/c1-33(2)44-26-27(31(42)39-22-11-12-22)43-32(28(26)45-33)41-18-38-25-29(36-17-37-30(25)41)35-14-13-20-16-40(24-6-4-3-5-23(20)24)15-19-7-9-21(34)10-8-19/h3-10,16-18,22,26-28,32H,11-15H2,1-2H3,(H,39,42)(H,35,36,37)/t26-,27+,28-,32-/m1/s1. The third-order valence-electron chi connectivity index (χ3n) is 8.67. The summed E-state index contributed by atoms with van der Waals surface area (Å²) in [6, 6.07) is 16.6. The van der Waals surface area contributed by atoms with Gasteiger partial charge in [0.1, 0.15) is 18.5 Å². The Morgan fingerprint density at radius 1 is 1.04 bits per heavy atom. The van der Waals surface area contributed by atoms with E-state index in [1.807, 2.05) is 30.5 Å². The van der Waals surface area contributed by atoms with Crippen molar-refractivity contribution in [2.24, 2.45) is 0 Å². The summed E-state index contributed by atoms with van der Waals surface area (Å²) in [5.41, 5.74) is 4.82. The van der Waals surface area contributed by atoms with Crippen molar-refractivity contribution < 1.29 is 19.0 Å². The predicted molar refractivity (Wildman–Crippen MR) is 169 cm³/mol. The number of carbonyl (C=O) groups is 1. The van der Waals surface area contributed by atoms with Gasteiger partial charge in [-0.15, -0.1) is 0 Å². The minimum Gasteiger partial charge on any atom is -0.368 e. The lowest BCUT2D eigenvalue weighted by molar-refractivity contribution is -0.197. The number of hydrogen-bond acceptors (Lipinski definition) is 8. The number of imidazole rings is 1. The van der Waals surface area contributed by atoms with E-state index in [2.05, 4.69) is 72.7 Å². The van der Waals surface area contributed by atoms with Gasteiger partial charge < -0.3 is 29.4 Å². The summed E-state index contributed by atoms with van der Waals surface area (Å²) < 4.78 is 22.8. The topological polar surface area (TPSA) is 117 Å². The predicted octanol–water partition coefficient (Wildman–Crippen LogP) is 4.83. The number of benzene rings is 2. The second-order valence-electron chi connectivity index (χ2n) is 12.4. The molecule has 0 spiro atoms. The van der Waals surface area contributed by atoms with Gasteiger partial charge in [-0.25, -0.2) is 15.0 Å². The Hall–Kier alpha value is -4.03. The Morgan fingerprint density at radius 3 is 2.67 bits per heavy atom. The van der Waals surface area contributed by atoms with Crippen molar-refractivity contribution in [1.82, 2.24) is 29.4 Å². The van der Waals surface area contributed by atoms with Crippen LogP contribution in [-0.2, 0) is 32.0 Å². The number of ether oxygens (including phenoxy) is 3. The van der Waals surface area contributed by atoms with Gasteiger partial charge in [0.05, 0.1) is 6.33 Å². The van der Waals surface area contributed by atoms with E-state index in [-0.39, 0.29) is 11.9 Å². The number of fused-ring (bicyclic) bond motifs is 3. The minimum absolute atomic E-state index is 0.174. The highest BCUT2D eigenvalue weighted by molar-refractivity contribution is 6.30. The van der Waals surface area contributed by atoms with Gasteiger partial charge in [-0.2, -0.15) is 0 Å². The van der Waals surface area contributed by atoms with Crippen LogP contribution in [0.1, 0.15) is 44.0 Å². The van der Waals surface area contributed by atoms with Crippen LogP contribution in [0.4, 0.5) is 5.82 Å². The molecule has 1 saturated carbocycles. The first-order valence-electron chi connectivity index (χ1n) is 15.4. The molecule has 5 aromatic rings. The van der Waals surface area contributed by atoms with Crippen LogP contribution in [0.5, 0.6) is 0 Å². The Kier molecular flexibility index (Phi) is 7.01. The third kappa shape index (κ3) is 5.43. The highest BCUT2D eigenvalue weighted by Gasteiger charge is 2.58. The van der Waals surface area contributed by atoms with Crippen LogP contribution in [0.2, 0.25) is 5.02 Å². The summed E-state index contributed by atoms with van der Waals surface area (Å²) in [6.07, 6.45) is 5.71. The van der Waals surface area contributed by atoms with Crippen molar-refractivity contribution in [1.29, 1.82) is 0 Å². The normalized spacial score (nSPS) is 23.9. The molecule has 2 aromatic carbocycles. The van der Waals surface area contributed by atoms with Gasteiger partial charge in [-0.05, 0) is 62.4 Å². The molecule has 3 fully saturated rings. The molecule has 4 atom stereocenters. The van der Waals surface area contributed by atoms with Crippen molar-refractivity contribution >= 4 is 45.4 Å². The van der Waals surface area contributed by atoms with Crippen LogP contribution in [0, 0.1) is 0 Å². The SMILES string of the molecule is CC1(C)O[C@@H]2[C@H](O1)[C@@H](C(=O)NC1CC1)O[C@H]2n1cnc2c(NCCc3cn(Cc4ccc(Cl)cc4)c4ccccc34)ncnc21. The molecule has 1 aliphatic carbocycles. The van der Waals surface area contributed by atoms with Crippen molar-refractivity contribution in [2.45, 2.75) is 76.0 Å². The Morgan fingerprint density at radius 2 is 1.84 bits per heavy atom. The van der Waals surface area contributed by atoms with E-state index in [1.54, 1.807) is 6.33 Å². The van der Waals surface area contributed by atoms with Crippen LogP contribution in [0.3, 0.4) is 0 Å². The summed E-state index contributed by atoms with van der Waals surface area (Å²) >= 11 is 6.10. The number of amides is 1. The maximum atomic E-state index is 13.1. The second kappa shape index (κ2) is 11.1. The number of rotatable bonds is 9. The molecule has 2 aliphatic heterocycles. The molecule has 3 aromatic heterocycles. The number of anilines is 1. The van der Waals surface area contributed by atoms with Crippen LogP contribution in [0.25, 0.3) is 22.1 Å². The monoisotopic (exact) mass is 627 g/mol. The molecule has 11 nitrogen and oxygen atoms in total. The molecule has 5 heterocycles. The first-order chi connectivity index (χ1) is 21.8. The summed E-state index contributed by atoms with van der Waals surface area (Å²) in [5.74, 6) is -0.386. The van der Waals surface area contributed by atoms with E-state index < -0.39 is 30.3 Å². The smallest absolute Gasteiger partial charge is 0.252 e. The average molecular weight is 628 g/mol. The fourth-order valence-electron chi connectivity index (χ4n) is 6.45. The number of nitrogens with one attached hydrogen (secondary N) is 2. The zero-order valence-corrected chi connectivity index (χ0v) is 25.8. The van der Waals surface area contributed by atoms with Gasteiger partial charge in [0.2, 0.25) is 0 Å². The molecule has 8 rings (SSSR count).